The molecule has 1 aromatic heterocycles. The summed E-state index contributed by atoms with van der Waals surface area (Å²) in [7, 11) is 0. The van der Waals surface area contributed by atoms with Crippen molar-refractivity contribution >= 4 is 23.0 Å². The molecular weight excluding hydrogens is 413 g/mol. The van der Waals surface area contributed by atoms with Crippen molar-refractivity contribution in [1.29, 1.82) is 0 Å². The molecule has 2 aliphatic rings. The summed E-state index contributed by atoms with van der Waals surface area (Å²) < 4.78 is 24.8. The molecular formula is C24H24FN3O4. The highest BCUT2D eigenvalue weighted by Crippen LogP contribution is 2.40. The molecule has 5 rings (SSSR count). The molecule has 2 aromatic carbocycles. The van der Waals surface area contributed by atoms with Crippen molar-refractivity contribution in [2.45, 2.75) is 37.6 Å². The summed E-state index contributed by atoms with van der Waals surface area (Å²) >= 11 is 0. The summed E-state index contributed by atoms with van der Waals surface area (Å²) in [5.41, 5.74) is 2.59. The third-order valence-electron chi connectivity index (χ3n) is 6.32. The van der Waals surface area contributed by atoms with E-state index in [2.05, 4.69) is 10.3 Å². The summed E-state index contributed by atoms with van der Waals surface area (Å²) in [4.78, 5) is 29.6. The van der Waals surface area contributed by atoms with Gasteiger partial charge in [0, 0.05) is 49.1 Å². The van der Waals surface area contributed by atoms with Gasteiger partial charge >= 0.3 is 12.1 Å². The van der Waals surface area contributed by atoms with Crippen molar-refractivity contribution in [2.75, 3.05) is 13.1 Å². The smallest absolute Gasteiger partial charge is 0.410 e. The number of aromatic nitrogens is 1. The second-order valence-corrected chi connectivity index (χ2v) is 8.31. The van der Waals surface area contributed by atoms with Gasteiger partial charge in [-0.05, 0) is 29.3 Å². The van der Waals surface area contributed by atoms with E-state index in [9.17, 15) is 14.0 Å². The monoisotopic (exact) mass is 437 g/mol. The van der Waals surface area contributed by atoms with Crippen LogP contribution in [0, 0.1) is 5.82 Å². The van der Waals surface area contributed by atoms with Crippen LogP contribution >= 0.6 is 0 Å². The van der Waals surface area contributed by atoms with E-state index in [-0.39, 0.29) is 36.4 Å². The van der Waals surface area contributed by atoms with Crippen LogP contribution in [0.5, 0.6) is 0 Å². The number of amides is 1. The molecule has 0 saturated carbocycles. The second kappa shape index (κ2) is 8.27. The Labute approximate surface area is 184 Å². The van der Waals surface area contributed by atoms with E-state index in [1.54, 1.807) is 11.0 Å². The first kappa shape index (κ1) is 20.5. The van der Waals surface area contributed by atoms with Crippen LogP contribution in [0.3, 0.4) is 0 Å². The molecule has 2 N–H and O–H groups in total. The minimum atomic E-state index is -0.463. The number of aromatic amines is 1. The van der Waals surface area contributed by atoms with Gasteiger partial charge in [-0.2, -0.15) is 0 Å². The van der Waals surface area contributed by atoms with Gasteiger partial charge in [0.25, 0.3) is 0 Å². The maximum absolute atomic E-state index is 13.7. The van der Waals surface area contributed by atoms with Gasteiger partial charge in [-0.15, -0.1) is 0 Å². The molecule has 0 spiro atoms. The molecule has 0 unspecified atom stereocenters. The van der Waals surface area contributed by atoms with E-state index in [1.807, 2.05) is 36.5 Å². The topological polar surface area (TPSA) is 83.7 Å². The standard InChI is InChI=1S/C24H24FN3O4/c1-14(29)32-21-11-27-22-19(18-10-26-20-9-16(25)7-8-17(18)20)12-28(23(21)22)24(30)31-13-15-5-3-2-4-6-15/h2-10,19,21-23,26-27H,11-13H2,1H3/t19-,21+,22+,23+/m0/s1. The molecule has 2 fully saturated rings. The number of carbonyl (C=O) groups excluding carboxylic acids is 2. The number of likely N-dealkylation sites (tertiary alicyclic amines) is 1. The van der Waals surface area contributed by atoms with Crippen LogP contribution in [0.2, 0.25) is 0 Å². The third-order valence-corrected chi connectivity index (χ3v) is 6.32. The van der Waals surface area contributed by atoms with Gasteiger partial charge in [0.2, 0.25) is 0 Å². The number of halogens is 1. The zero-order valence-electron chi connectivity index (χ0n) is 17.6. The number of H-pyrrole nitrogens is 1. The molecule has 0 bridgehead atoms. The lowest BCUT2D eigenvalue weighted by Gasteiger charge is -2.27. The van der Waals surface area contributed by atoms with E-state index in [4.69, 9.17) is 9.47 Å². The highest BCUT2D eigenvalue weighted by molar-refractivity contribution is 5.84. The highest BCUT2D eigenvalue weighted by Gasteiger charge is 2.53. The Morgan fingerprint density at radius 2 is 2.00 bits per heavy atom. The normalized spacial score (nSPS) is 24.5. The molecule has 1 amide bonds. The van der Waals surface area contributed by atoms with Gasteiger partial charge in [-0.3, -0.25) is 9.69 Å². The molecule has 4 atom stereocenters. The Hall–Kier alpha value is -3.39. The number of benzene rings is 2. The Morgan fingerprint density at radius 3 is 2.78 bits per heavy atom. The van der Waals surface area contributed by atoms with E-state index in [0.29, 0.717) is 18.6 Å². The number of nitrogens with zero attached hydrogens (tertiary/aromatic N) is 1. The fourth-order valence-corrected chi connectivity index (χ4v) is 4.99. The highest BCUT2D eigenvalue weighted by atomic mass is 19.1. The van der Waals surface area contributed by atoms with Crippen LogP contribution in [0.25, 0.3) is 10.9 Å². The van der Waals surface area contributed by atoms with E-state index in [0.717, 1.165) is 16.5 Å². The lowest BCUT2D eigenvalue weighted by Crippen LogP contribution is -2.46. The van der Waals surface area contributed by atoms with E-state index >= 15 is 0 Å². The molecule has 3 aromatic rings. The zero-order chi connectivity index (χ0) is 22.2. The molecule has 166 valence electrons. The number of fused-ring (bicyclic) bond motifs is 2. The van der Waals surface area contributed by atoms with Gasteiger partial charge in [0.1, 0.15) is 18.5 Å². The van der Waals surface area contributed by atoms with Gasteiger partial charge in [0.15, 0.2) is 0 Å². The first-order valence-electron chi connectivity index (χ1n) is 10.7. The summed E-state index contributed by atoms with van der Waals surface area (Å²) in [5, 5.41) is 4.34. The molecule has 2 saturated heterocycles. The van der Waals surface area contributed by atoms with Crippen LogP contribution < -0.4 is 5.32 Å². The molecule has 32 heavy (non-hydrogen) atoms. The largest absolute Gasteiger partial charge is 0.459 e. The van der Waals surface area contributed by atoms with Gasteiger partial charge in [0.05, 0.1) is 6.04 Å². The van der Waals surface area contributed by atoms with Crippen molar-refractivity contribution in [3.8, 4) is 0 Å². The van der Waals surface area contributed by atoms with Gasteiger partial charge < -0.3 is 19.8 Å². The first-order chi connectivity index (χ1) is 15.5. The SMILES string of the molecule is CC(=O)O[C@@H]1CN[C@H]2[C@@H]1N(C(=O)OCc1ccccc1)C[C@H]2c1c[nH]c2cc(F)ccc12. The number of ether oxygens (including phenoxy) is 2. The lowest BCUT2D eigenvalue weighted by atomic mass is 9.91. The van der Waals surface area contributed by atoms with Crippen LogP contribution in [0.4, 0.5) is 9.18 Å². The molecule has 7 nitrogen and oxygen atoms in total. The summed E-state index contributed by atoms with van der Waals surface area (Å²) in [5.74, 6) is -0.764. The number of rotatable bonds is 4. The fourth-order valence-electron chi connectivity index (χ4n) is 4.99. The number of hydrogen-bond acceptors (Lipinski definition) is 5. The van der Waals surface area contributed by atoms with Crippen molar-refractivity contribution in [3.63, 3.8) is 0 Å². The summed E-state index contributed by atoms with van der Waals surface area (Å²) in [6.45, 7) is 2.38. The maximum atomic E-state index is 13.7. The molecule has 2 aliphatic heterocycles. The molecule has 3 heterocycles. The molecule has 0 radical (unpaired) electrons. The minimum absolute atomic E-state index is 0.0657. The second-order valence-electron chi connectivity index (χ2n) is 8.31. The van der Waals surface area contributed by atoms with Crippen LogP contribution in [0.15, 0.2) is 54.7 Å². The Kier molecular flexibility index (Phi) is 5.30. The predicted molar refractivity (Wildman–Crippen MR) is 115 cm³/mol. The number of carbonyl (C=O) groups is 2. The quantitative estimate of drug-likeness (QED) is 0.612. The average molecular weight is 437 g/mol. The Morgan fingerprint density at radius 1 is 1.19 bits per heavy atom. The number of nitrogens with one attached hydrogen (secondary N) is 2. The van der Waals surface area contributed by atoms with E-state index in [1.165, 1.54) is 19.1 Å². The van der Waals surface area contributed by atoms with Crippen LogP contribution in [-0.2, 0) is 20.9 Å². The van der Waals surface area contributed by atoms with Crippen LogP contribution in [0.1, 0.15) is 24.0 Å². The lowest BCUT2D eigenvalue weighted by molar-refractivity contribution is -0.147. The minimum Gasteiger partial charge on any atom is -0.459 e. The number of esters is 1. The third kappa shape index (κ3) is 3.71. The van der Waals surface area contributed by atoms with E-state index < -0.39 is 12.2 Å². The van der Waals surface area contributed by atoms with Crippen molar-refractivity contribution < 1.29 is 23.5 Å². The predicted octanol–water partition coefficient (Wildman–Crippen LogP) is 3.32. The van der Waals surface area contributed by atoms with Crippen LogP contribution in [-0.4, -0.2) is 53.2 Å². The van der Waals surface area contributed by atoms with Crippen molar-refractivity contribution in [1.82, 2.24) is 15.2 Å². The Balaban J connectivity index is 1.42. The van der Waals surface area contributed by atoms with Gasteiger partial charge in [-0.25, -0.2) is 9.18 Å². The summed E-state index contributed by atoms with van der Waals surface area (Å²) in [6.07, 6.45) is 0.957. The average Bonchev–Trinajstić information content (AvgIpc) is 3.47. The maximum Gasteiger partial charge on any atom is 0.410 e. The summed E-state index contributed by atoms with van der Waals surface area (Å²) in [6, 6.07) is 13.7. The van der Waals surface area contributed by atoms with Crippen molar-refractivity contribution in [3.05, 3.63) is 71.7 Å². The first-order valence-corrected chi connectivity index (χ1v) is 10.7. The fraction of sp³-hybridized carbons (Fsp3) is 0.333. The molecule has 0 aliphatic carbocycles. The number of hydrogen-bond donors (Lipinski definition) is 2. The Bertz CT molecular complexity index is 1150. The zero-order valence-corrected chi connectivity index (χ0v) is 17.6. The molecule has 8 heteroatoms. The van der Waals surface area contributed by atoms with Gasteiger partial charge in [-0.1, -0.05) is 30.3 Å². The van der Waals surface area contributed by atoms with Crippen molar-refractivity contribution in [2.24, 2.45) is 0 Å².